The molecule has 1 saturated heterocycles. The first-order valence-electron chi connectivity index (χ1n) is 9.39. The molecule has 1 atom stereocenters. The van der Waals surface area contributed by atoms with Crippen LogP contribution in [-0.2, 0) is 9.84 Å². The number of anilines is 1. The molecule has 2 aromatic heterocycles. The number of rotatable bonds is 3. The van der Waals surface area contributed by atoms with Gasteiger partial charge in [-0.1, -0.05) is 0 Å². The van der Waals surface area contributed by atoms with E-state index < -0.39 is 26.6 Å². The number of hydrogen-bond acceptors (Lipinski definition) is 8. The molecule has 3 aromatic rings. The van der Waals surface area contributed by atoms with Crippen molar-refractivity contribution in [3.8, 4) is 0 Å². The summed E-state index contributed by atoms with van der Waals surface area (Å²) in [5.41, 5.74) is 1.13. The third kappa shape index (κ3) is 2.82. The topological polar surface area (TPSA) is 145 Å². The number of imide groups is 1. The van der Waals surface area contributed by atoms with Crippen LogP contribution in [0.25, 0.3) is 11.0 Å². The largest absolute Gasteiger partial charge is 0.269 e. The molecule has 31 heavy (non-hydrogen) atoms. The fourth-order valence-electron chi connectivity index (χ4n) is 4.17. The number of carbonyl (C=O) groups excluding carboxylic acids is 2. The maximum Gasteiger partial charge on any atom is 0.269 e. The Morgan fingerprint density at radius 1 is 1.16 bits per heavy atom. The summed E-state index contributed by atoms with van der Waals surface area (Å²) in [5.74, 6) is -1.15. The number of carbonyl (C=O) groups is 2. The van der Waals surface area contributed by atoms with Crippen molar-refractivity contribution >= 4 is 44.1 Å². The molecule has 1 unspecified atom stereocenters. The fraction of sp³-hybridized carbons (Fsp3) is 0.263. The lowest BCUT2D eigenvalue weighted by Gasteiger charge is -2.13. The zero-order chi connectivity index (χ0) is 22.1. The van der Waals surface area contributed by atoms with Gasteiger partial charge in [0, 0.05) is 18.3 Å². The van der Waals surface area contributed by atoms with Crippen molar-refractivity contribution in [3.63, 3.8) is 0 Å². The molecule has 0 radical (unpaired) electrons. The highest BCUT2D eigenvalue weighted by Gasteiger charge is 2.41. The molecular weight excluding hydrogens is 426 g/mol. The molecule has 5 rings (SSSR count). The number of aryl methyl sites for hydroxylation is 1. The van der Waals surface area contributed by atoms with Crippen LogP contribution < -0.4 is 4.90 Å². The summed E-state index contributed by atoms with van der Waals surface area (Å²) in [6.45, 7) is 1.68. The van der Waals surface area contributed by atoms with E-state index in [0.29, 0.717) is 23.1 Å². The van der Waals surface area contributed by atoms with Crippen LogP contribution in [0, 0.1) is 17.0 Å². The molecule has 0 bridgehead atoms. The number of non-ortho nitro benzene ring substituents is 1. The van der Waals surface area contributed by atoms with Crippen molar-refractivity contribution in [1.29, 1.82) is 0 Å². The zero-order valence-electron chi connectivity index (χ0n) is 16.2. The number of nitro benzene ring substituents is 1. The summed E-state index contributed by atoms with van der Waals surface area (Å²) in [6, 6.07) is 4.73. The lowest BCUT2D eigenvalue weighted by atomic mass is 10.1. The molecule has 0 aliphatic carbocycles. The smallest absolute Gasteiger partial charge is 0.268 e. The van der Waals surface area contributed by atoms with Crippen LogP contribution in [0.1, 0.15) is 38.9 Å². The summed E-state index contributed by atoms with van der Waals surface area (Å²) in [6.07, 6.45) is 1.70. The Morgan fingerprint density at radius 3 is 2.48 bits per heavy atom. The third-order valence-electron chi connectivity index (χ3n) is 5.62. The molecule has 2 aliphatic heterocycles. The number of fused-ring (bicyclic) bond motifs is 3. The van der Waals surface area contributed by atoms with E-state index in [-0.39, 0.29) is 40.0 Å². The molecule has 12 heteroatoms. The van der Waals surface area contributed by atoms with Crippen molar-refractivity contribution in [2.45, 2.75) is 19.4 Å². The molecule has 1 aromatic carbocycles. The van der Waals surface area contributed by atoms with Gasteiger partial charge in [0.1, 0.15) is 0 Å². The van der Waals surface area contributed by atoms with Gasteiger partial charge in [-0.25, -0.2) is 23.0 Å². The first-order chi connectivity index (χ1) is 14.7. The number of aromatic nitrogens is 3. The second-order valence-corrected chi connectivity index (χ2v) is 9.78. The first kappa shape index (κ1) is 19.3. The van der Waals surface area contributed by atoms with Crippen molar-refractivity contribution in [2.24, 2.45) is 0 Å². The standard InChI is InChI=1S/C19H15N5O6S/c1-10-15-16-14(8-20-17(15)23(21-10)13-6-7-31(29,30)9-13)18(25)22(19(16)26)11-2-4-12(5-3-11)24(27)28/h2-5,8,13H,6-7,9H2,1H3. The van der Waals surface area contributed by atoms with Crippen LogP contribution in [0.4, 0.5) is 11.4 Å². The molecule has 1 fully saturated rings. The lowest BCUT2D eigenvalue weighted by molar-refractivity contribution is -0.384. The van der Waals surface area contributed by atoms with E-state index in [2.05, 4.69) is 10.1 Å². The highest BCUT2D eigenvalue weighted by Crippen LogP contribution is 2.36. The van der Waals surface area contributed by atoms with Gasteiger partial charge < -0.3 is 0 Å². The monoisotopic (exact) mass is 441 g/mol. The third-order valence-corrected chi connectivity index (χ3v) is 7.37. The lowest BCUT2D eigenvalue weighted by Crippen LogP contribution is -2.29. The molecular formula is C19H15N5O6S. The normalized spacial score (nSPS) is 19.9. The quantitative estimate of drug-likeness (QED) is 0.340. The maximum atomic E-state index is 13.2. The Morgan fingerprint density at radius 2 is 1.87 bits per heavy atom. The Balaban J connectivity index is 1.61. The average Bonchev–Trinajstić information content (AvgIpc) is 3.34. The minimum atomic E-state index is -3.15. The highest BCUT2D eigenvalue weighted by atomic mass is 32.2. The molecule has 0 N–H and O–H groups in total. The van der Waals surface area contributed by atoms with Crippen LogP contribution >= 0.6 is 0 Å². The van der Waals surface area contributed by atoms with Gasteiger partial charge in [0.15, 0.2) is 15.5 Å². The number of sulfone groups is 1. The average molecular weight is 441 g/mol. The van der Waals surface area contributed by atoms with Gasteiger partial charge in [-0.05, 0) is 25.5 Å². The summed E-state index contributed by atoms with van der Waals surface area (Å²) < 4.78 is 25.3. The molecule has 4 heterocycles. The van der Waals surface area contributed by atoms with Crippen molar-refractivity contribution in [3.05, 3.63) is 57.4 Å². The second-order valence-electron chi connectivity index (χ2n) is 7.55. The van der Waals surface area contributed by atoms with Crippen LogP contribution in [0.15, 0.2) is 30.5 Å². The molecule has 2 amide bonds. The van der Waals surface area contributed by atoms with Gasteiger partial charge in [0.05, 0.1) is 50.4 Å². The van der Waals surface area contributed by atoms with Gasteiger partial charge in [0.2, 0.25) is 0 Å². The van der Waals surface area contributed by atoms with Crippen LogP contribution in [0.5, 0.6) is 0 Å². The summed E-state index contributed by atoms with van der Waals surface area (Å²) in [4.78, 5) is 41.8. The van der Waals surface area contributed by atoms with Crippen molar-refractivity contribution < 1.29 is 22.9 Å². The number of benzene rings is 1. The summed E-state index contributed by atoms with van der Waals surface area (Å²) in [5, 5.41) is 15.7. The van der Waals surface area contributed by atoms with Gasteiger partial charge in [-0.3, -0.25) is 19.7 Å². The van der Waals surface area contributed by atoms with Gasteiger partial charge in [0.25, 0.3) is 17.5 Å². The molecule has 0 spiro atoms. The molecule has 0 saturated carbocycles. The number of amides is 2. The molecule has 11 nitrogen and oxygen atoms in total. The Labute approximate surface area is 175 Å². The SMILES string of the molecule is Cc1nn(C2CCS(=O)(=O)C2)c2ncc3c(c12)C(=O)N(c1ccc([N+](=O)[O-])cc1)C3=O. The molecule has 158 valence electrons. The summed E-state index contributed by atoms with van der Waals surface area (Å²) in [7, 11) is -3.15. The predicted molar refractivity (Wildman–Crippen MR) is 109 cm³/mol. The van der Waals surface area contributed by atoms with Crippen LogP contribution in [-0.4, -0.2) is 51.4 Å². The Hall–Kier alpha value is -3.67. The Bertz CT molecular complexity index is 1410. The van der Waals surface area contributed by atoms with Crippen LogP contribution in [0.3, 0.4) is 0 Å². The van der Waals surface area contributed by atoms with E-state index in [0.717, 1.165) is 4.90 Å². The van der Waals surface area contributed by atoms with E-state index in [9.17, 15) is 28.1 Å². The van der Waals surface area contributed by atoms with E-state index >= 15 is 0 Å². The number of hydrogen-bond donors (Lipinski definition) is 0. The maximum absolute atomic E-state index is 13.2. The summed E-state index contributed by atoms with van der Waals surface area (Å²) >= 11 is 0. The fourth-order valence-corrected chi connectivity index (χ4v) is 5.86. The van der Waals surface area contributed by atoms with Gasteiger partial charge in [-0.15, -0.1) is 0 Å². The number of nitro groups is 1. The van der Waals surface area contributed by atoms with E-state index in [1.54, 1.807) is 6.92 Å². The Kier molecular flexibility index (Phi) is 3.99. The van der Waals surface area contributed by atoms with Gasteiger partial charge in [-0.2, -0.15) is 5.10 Å². The van der Waals surface area contributed by atoms with Crippen LogP contribution in [0.2, 0.25) is 0 Å². The van der Waals surface area contributed by atoms with E-state index in [4.69, 9.17) is 0 Å². The minimum absolute atomic E-state index is 0.0518. The predicted octanol–water partition coefficient (Wildman–Crippen LogP) is 1.81. The molecule has 2 aliphatic rings. The van der Waals surface area contributed by atoms with Gasteiger partial charge >= 0.3 is 0 Å². The second kappa shape index (κ2) is 6.41. The minimum Gasteiger partial charge on any atom is -0.268 e. The number of nitrogens with zero attached hydrogens (tertiary/aromatic N) is 5. The van der Waals surface area contributed by atoms with E-state index in [1.165, 1.54) is 35.1 Å². The highest BCUT2D eigenvalue weighted by molar-refractivity contribution is 7.91. The zero-order valence-corrected chi connectivity index (χ0v) is 17.0. The van der Waals surface area contributed by atoms with Crippen molar-refractivity contribution in [2.75, 3.05) is 16.4 Å². The van der Waals surface area contributed by atoms with E-state index in [1.807, 2.05) is 0 Å². The van der Waals surface area contributed by atoms with Crippen molar-refractivity contribution in [1.82, 2.24) is 14.8 Å². The number of pyridine rings is 1. The first-order valence-corrected chi connectivity index (χ1v) is 11.2.